The zero-order valence-electron chi connectivity index (χ0n) is 12.6. The quantitative estimate of drug-likeness (QED) is 0.851. The topological polar surface area (TPSA) is 46.3 Å². The molecule has 1 unspecified atom stereocenters. The van der Waals surface area contributed by atoms with Gasteiger partial charge < -0.3 is 10.6 Å². The van der Waals surface area contributed by atoms with Gasteiger partial charge in [0.2, 0.25) is 5.91 Å². The first-order chi connectivity index (χ1) is 10.1. The second-order valence-electron chi connectivity index (χ2n) is 5.89. The predicted octanol–water partition coefficient (Wildman–Crippen LogP) is 2.92. The lowest BCUT2D eigenvalue weighted by Gasteiger charge is -2.33. The molecule has 0 aliphatic heterocycles. The molecule has 1 aliphatic rings. The molecule has 1 amide bonds. The third kappa shape index (κ3) is 4.27. The number of carbonyl (C=O) groups excluding carboxylic acids is 1. The van der Waals surface area contributed by atoms with Crippen molar-refractivity contribution in [2.24, 2.45) is 11.7 Å². The molecule has 0 spiro atoms. The molecule has 0 aromatic heterocycles. The molecule has 1 aromatic carbocycles. The van der Waals surface area contributed by atoms with Crippen molar-refractivity contribution in [3.63, 3.8) is 0 Å². The van der Waals surface area contributed by atoms with Crippen molar-refractivity contribution in [3.05, 3.63) is 35.9 Å². The molecule has 4 heteroatoms. The molecule has 0 heterocycles. The first-order valence-electron chi connectivity index (χ1n) is 7.69. The number of amides is 1. The molecule has 1 atom stereocenters. The standard InChI is InChI=1S/C17H24N2OS/c1-19(14-10-6-3-7-11-14)17(20)15(16(18)21)12-13-8-4-2-5-9-13/h2,4-5,8-9,14-15H,3,6-7,10-12H2,1H3,(H2,18,21). The molecule has 1 aliphatic carbocycles. The van der Waals surface area contributed by atoms with Crippen molar-refractivity contribution in [2.45, 2.75) is 44.6 Å². The Morgan fingerprint density at radius 1 is 1.29 bits per heavy atom. The lowest BCUT2D eigenvalue weighted by Crippen LogP contribution is -2.45. The maximum Gasteiger partial charge on any atom is 0.232 e. The highest BCUT2D eigenvalue weighted by Gasteiger charge is 2.29. The van der Waals surface area contributed by atoms with E-state index in [1.54, 1.807) is 0 Å². The van der Waals surface area contributed by atoms with E-state index in [1.165, 1.54) is 19.3 Å². The molecule has 0 bridgehead atoms. The van der Waals surface area contributed by atoms with Gasteiger partial charge in [-0.3, -0.25) is 4.79 Å². The molecule has 2 N–H and O–H groups in total. The Morgan fingerprint density at radius 3 is 2.48 bits per heavy atom. The molecule has 1 saturated carbocycles. The summed E-state index contributed by atoms with van der Waals surface area (Å²) in [5.41, 5.74) is 6.93. The fraction of sp³-hybridized carbons (Fsp3) is 0.529. The van der Waals surface area contributed by atoms with E-state index in [1.807, 2.05) is 42.3 Å². The Balaban J connectivity index is 2.06. The maximum atomic E-state index is 12.7. The molecule has 3 nitrogen and oxygen atoms in total. The van der Waals surface area contributed by atoms with Gasteiger partial charge in [-0.1, -0.05) is 61.8 Å². The predicted molar refractivity (Wildman–Crippen MR) is 90.1 cm³/mol. The molecule has 2 rings (SSSR count). The second kappa shape index (κ2) is 7.55. The van der Waals surface area contributed by atoms with E-state index in [4.69, 9.17) is 18.0 Å². The van der Waals surface area contributed by atoms with Crippen LogP contribution in [0, 0.1) is 5.92 Å². The molecule has 1 fully saturated rings. The van der Waals surface area contributed by atoms with Crippen molar-refractivity contribution in [1.29, 1.82) is 0 Å². The van der Waals surface area contributed by atoms with Crippen LogP contribution in [0.5, 0.6) is 0 Å². The molecule has 0 radical (unpaired) electrons. The van der Waals surface area contributed by atoms with E-state index < -0.39 is 5.92 Å². The monoisotopic (exact) mass is 304 g/mol. The Hall–Kier alpha value is -1.42. The zero-order chi connectivity index (χ0) is 15.2. The number of carbonyl (C=O) groups is 1. The van der Waals surface area contributed by atoms with Crippen LogP contribution in [-0.2, 0) is 11.2 Å². The van der Waals surface area contributed by atoms with E-state index >= 15 is 0 Å². The highest BCUT2D eigenvalue weighted by Crippen LogP contribution is 2.23. The van der Waals surface area contributed by atoms with Crippen LogP contribution >= 0.6 is 12.2 Å². The normalized spacial score (nSPS) is 17.2. The summed E-state index contributed by atoms with van der Waals surface area (Å²) in [5, 5.41) is 0. The van der Waals surface area contributed by atoms with E-state index in [9.17, 15) is 4.79 Å². The minimum Gasteiger partial charge on any atom is -0.393 e. The third-order valence-corrected chi connectivity index (χ3v) is 4.68. The largest absolute Gasteiger partial charge is 0.393 e. The highest BCUT2D eigenvalue weighted by atomic mass is 32.1. The van der Waals surface area contributed by atoms with Crippen LogP contribution in [0.25, 0.3) is 0 Å². The van der Waals surface area contributed by atoms with Gasteiger partial charge in [0, 0.05) is 13.1 Å². The molecular weight excluding hydrogens is 280 g/mol. The second-order valence-corrected chi connectivity index (χ2v) is 6.36. The summed E-state index contributed by atoms with van der Waals surface area (Å²) in [5.74, 6) is -0.326. The molecule has 21 heavy (non-hydrogen) atoms. The fourth-order valence-electron chi connectivity index (χ4n) is 3.05. The van der Waals surface area contributed by atoms with Gasteiger partial charge in [0.15, 0.2) is 0 Å². The summed E-state index contributed by atoms with van der Waals surface area (Å²) >= 11 is 5.14. The van der Waals surface area contributed by atoms with Gasteiger partial charge in [0.05, 0.1) is 10.9 Å². The first-order valence-corrected chi connectivity index (χ1v) is 8.10. The fourth-order valence-corrected chi connectivity index (χ4v) is 3.24. The van der Waals surface area contributed by atoms with E-state index in [0.29, 0.717) is 17.5 Å². The molecule has 1 aromatic rings. The van der Waals surface area contributed by atoms with Gasteiger partial charge in [0.25, 0.3) is 0 Å². The van der Waals surface area contributed by atoms with Gasteiger partial charge in [-0.05, 0) is 24.8 Å². The number of hydrogen-bond acceptors (Lipinski definition) is 2. The summed E-state index contributed by atoms with van der Waals surface area (Å²) in [7, 11) is 1.90. The molecule has 0 saturated heterocycles. The van der Waals surface area contributed by atoms with Crippen molar-refractivity contribution >= 4 is 23.1 Å². The SMILES string of the molecule is CN(C(=O)C(Cc1ccccc1)C(N)=S)C1CCCCC1. The summed E-state index contributed by atoms with van der Waals surface area (Å²) in [4.78, 5) is 14.9. The van der Waals surface area contributed by atoms with Crippen molar-refractivity contribution in [1.82, 2.24) is 4.90 Å². The summed E-state index contributed by atoms with van der Waals surface area (Å²) < 4.78 is 0. The number of nitrogens with zero attached hydrogens (tertiary/aromatic N) is 1. The summed E-state index contributed by atoms with van der Waals surface area (Å²) in [6.45, 7) is 0. The highest BCUT2D eigenvalue weighted by molar-refractivity contribution is 7.80. The lowest BCUT2D eigenvalue weighted by atomic mass is 9.92. The summed E-state index contributed by atoms with van der Waals surface area (Å²) in [6.07, 6.45) is 6.47. The van der Waals surface area contributed by atoms with Gasteiger partial charge in [-0.2, -0.15) is 0 Å². The van der Waals surface area contributed by atoms with Gasteiger partial charge in [-0.25, -0.2) is 0 Å². The zero-order valence-corrected chi connectivity index (χ0v) is 13.4. The number of thiocarbonyl (C=S) groups is 1. The van der Waals surface area contributed by atoms with Crippen LogP contribution in [0.2, 0.25) is 0 Å². The van der Waals surface area contributed by atoms with E-state index in [-0.39, 0.29) is 5.91 Å². The number of hydrogen-bond donors (Lipinski definition) is 1. The Labute approximate surface area is 132 Å². The van der Waals surface area contributed by atoms with Crippen molar-refractivity contribution < 1.29 is 4.79 Å². The Kier molecular flexibility index (Phi) is 5.74. The van der Waals surface area contributed by atoms with Crippen LogP contribution in [0.4, 0.5) is 0 Å². The van der Waals surface area contributed by atoms with Crippen LogP contribution in [0.15, 0.2) is 30.3 Å². The van der Waals surface area contributed by atoms with Gasteiger partial charge in [-0.15, -0.1) is 0 Å². The van der Waals surface area contributed by atoms with Crippen LogP contribution < -0.4 is 5.73 Å². The third-order valence-electron chi connectivity index (χ3n) is 4.39. The number of benzene rings is 1. The van der Waals surface area contributed by atoms with Gasteiger partial charge >= 0.3 is 0 Å². The molecular formula is C17H24N2OS. The average Bonchev–Trinajstić information content (AvgIpc) is 2.53. The first kappa shape index (κ1) is 16.0. The van der Waals surface area contributed by atoms with E-state index in [2.05, 4.69) is 0 Å². The lowest BCUT2D eigenvalue weighted by molar-refractivity contribution is -0.134. The Bertz CT molecular complexity index is 483. The van der Waals surface area contributed by atoms with Crippen LogP contribution in [0.3, 0.4) is 0 Å². The number of nitrogens with two attached hydrogens (primary N) is 1. The van der Waals surface area contributed by atoms with E-state index in [0.717, 1.165) is 18.4 Å². The summed E-state index contributed by atoms with van der Waals surface area (Å²) in [6, 6.07) is 10.3. The minimum atomic E-state index is -0.394. The van der Waals surface area contributed by atoms with Crippen LogP contribution in [0.1, 0.15) is 37.7 Å². The van der Waals surface area contributed by atoms with Crippen LogP contribution in [-0.4, -0.2) is 28.9 Å². The number of rotatable bonds is 5. The smallest absolute Gasteiger partial charge is 0.232 e. The molecule has 114 valence electrons. The average molecular weight is 304 g/mol. The minimum absolute atomic E-state index is 0.0678. The maximum absolute atomic E-state index is 12.7. The van der Waals surface area contributed by atoms with Gasteiger partial charge in [0.1, 0.15) is 0 Å². The van der Waals surface area contributed by atoms with Crippen molar-refractivity contribution in [3.8, 4) is 0 Å². The Morgan fingerprint density at radius 2 is 1.90 bits per heavy atom. The van der Waals surface area contributed by atoms with Crippen molar-refractivity contribution in [2.75, 3.05) is 7.05 Å².